The summed E-state index contributed by atoms with van der Waals surface area (Å²) in [6, 6.07) is 2.49. The lowest BCUT2D eigenvalue weighted by atomic mass is 10.3. The molecular formula is C9H8FN3O. The Morgan fingerprint density at radius 1 is 1.57 bits per heavy atom. The third-order valence-electron chi connectivity index (χ3n) is 1.36. The van der Waals surface area contributed by atoms with Crippen LogP contribution in [0.1, 0.15) is 12.1 Å². The molecule has 0 bridgehead atoms. The zero-order valence-electron chi connectivity index (χ0n) is 7.25. The van der Waals surface area contributed by atoms with Crippen molar-refractivity contribution in [3.8, 4) is 11.8 Å². The third-order valence-corrected chi connectivity index (χ3v) is 1.36. The van der Waals surface area contributed by atoms with Crippen LogP contribution in [0.2, 0.25) is 0 Å². The molecule has 0 saturated heterocycles. The van der Waals surface area contributed by atoms with Gasteiger partial charge in [-0.2, -0.15) is 4.39 Å². The van der Waals surface area contributed by atoms with E-state index in [4.69, 9.17) is 11.5 Å². The second-order valence-corrected chi connectivity index (χ2v) is 2.52. The van der Waals surface area contributed by atoms with E-state index in [1.807, 2.05) is 0 Å². The molecule has 0 spiro atoms. The van der Waals surface area contributed by atoms with Crippen LogP contribution in [0, 0.1) is 17.8 Å². The van der Waals surface area contributed by atoms with E-state index in [1.54, 1.807) is 0 Å². The molecule has 0 aliphatic heterocycles. The number of halogens is 1. The van der Waals surface area contributed by atoms with E-state index in [0.717, 1.165) is 6.07 Å². The van der Waals surface area contributed by atoms with E-state index in [-0.39, 0.29) is 17.8 Å². The van der Waals surface area contributed by atoms with Crippen LogP contribution in [0.4, 0.5) is 10.1 Å². The summed E-state index contributed by atoms with van der Waals surface area (Å²) in [5.41, 5.74) is 10.7. The highest BCUT2D eigenvalue weighted by Crippen LogP contribution is 2.07. The number of hydrogen-bond donors (Lipinski definition) is 2. The summed E-state index contributed by atoms with van der Waals surface area (Å²) in [5, 5.41) is 0. The zero-order valence-corrected chi connectivity index (χ0v) is 7.25. The molecule has 0 unspecified atom stereocenters. The van der Waals surface area contributed by atoms with Gasteiger partial charge in [-0.3, -0.25) is 4.79 Å². The average Bonchev–Trinajstić information content (AvgIpc) is 2.10. The molecule has 0 atom stereocenters. The Morgan fingerprint density at radius 2 is 2.29 bits per heavy atom. The number of primary amides is 1. The summed E-state index contributed by atoms with van der Waals surface area (Å²) >= 11 is 0. The van der Waals surface area contributed by atoms with Crippen molar-refractivity contribution in [3.63, 3.8) is 0 Å². The topological polar surface area (TPSA) is 82.0 Å². The van der Waals surface area contributed by atoms with E-state index in [1.165, 1.54) is 6.07 Å². The molecule has 4 nitrogen and oxygen atoms in total. The van der Waals surface area contributed by atoms with Gasteiger partial charge in [0.15, 0.2) is 0 Å². The zero-order chi connectivity index (χ0) is 10.6. The molecule has 0 fully saturated rings. The number of nitrogens with zero attached hydrogens (tertiary/aromatic N) is 1. The Morgan fingerprint density at radius 3 is 2.93 bits per heavy atom. The van der Waals surface area contributed by atoms with Gasteiger partial charge < -0.3 is 11.5 Å². The van der Waals surface area contributed by atoms with Gasteiger partial charge >= 0.3 is 0 Å². The van der Waals surface area contributed by atoms with Crippen molar-refractivity contribution in [2.24, 2.45) is 5.73 Å². The predicted molar refractivity (Wildman–Crippen MR) is 49.3 cm³/mol. The average molecular weight is 193 g/mol. The number of nitrogens with two attached hydrogens (primary N) is 2. The molecule has 72 valence electrons. The van der Waals surface area contributed by atoms with Crippen LogP contribution >= 0.6 is 0 Å². The third kappa shape index (κ3) is 2.75. The highest BCUT2D eigenvalue weighted by molar-refractivity contribution is 5.76. The van der Waals surface area contributed by atoms with Gasteiger partial charge in [-0.1, -0.05) is 5.92 Å². The van der Waals surface area contributed by atoms with E-state index in [0.29, 0.717) is 0 Å². The van der Waals surface area contributed by atoms with Crippen molar-refractivity contribution in [3.05, 3.63) is 23.8 Å². The molecule has 4 N–H and O–H groups in total. The Kier molecular flexibility index (Phi) is 3.02. The summed E-state index contributed by atoms with van der Waals surface area (Å²) in [7, 11) is 0. The number of pyridine rings is 1. The van der Waals surface area contributed by atoms with Crippen LogP contribution in [0.5, 0.6) is 0 Å². The number of carbonyl (C=O) groups excluding carboxylic acids is 1. The Labute approximate surface area is 80.1 Å². The molecule has 1 aromatic heterocycles. The van der Waals surface area contributed by atoms with E-state index < -0.39 is 11.9 Å². The number of amides is 1. The van der Waals surface area contributed by atoms with E-state index in [2.05, 4.69) is 16.8 Å². The highest BCUT2D eigenvalue weighted by atomic mass is 19.1. The lowest BCUT2D eigenvalue weighted by molar-refractivity contribution is -0.117. The number of aromatic nitrogens is 1. The molecule has 1 amide bonds. The SMILES string of the molecule is NC(=O)CC#Cc1nc(F)ccc1N. The second kappa shape index (κ2) is 4.23. The summed E-state index contributed by atoms with van der Waals surface area (Å²) in [5.74, 6) is 3.68. The Bertz CT molecular complexity index is 420. The van der Waals surface area contributed by atoms with Crippen molar-refractivity contribution in [1.29, 1.82) is 0 Å². The first kappa shape index (κ1) is 9.99. The van der Waals surface area contributed by atoms with Gasteiger partial charge in [0.1, 0.15) is 5.69 Å². The highest BCUT2D eigenvalue weighted by Gasteiger charge is 1.98. The first-order valence-electron chi connectivity index (χ1n) is 3.79. The van der Waals surface area contributed by atoms with Gasteiger partial charge in [0.05, 0.1) is 12.1 Å². The lowest BCUT2D eigenvalue weighted by Gasteiger charge is -1.95. The van der Waals surface area contributed by atoms with E-state index >= 15 is 0 Å². The van der Waals surface area contributed by atoms with Gasteiger partial charge in [-0.05, 0) is 18.1 Å². The van der Waals surface area contributed by atoms with Gasteiger partial charge in [-0.15, -0.1) is 0 Å². The summed E-state index contributed by atoms with van der Waals surface area (Å²) in [4.78, 5) is 13.8. The van der Waals surface area contributed by atoms with Crippen LogP contribution in [-0.4, -0.2) is 10.9 Å². The smallest absolute Gasteiger partial charge is 0.229 e. The molecule has 0 aliphatic rings. The van der Waals surface area contributed by atoms with Gasteiger partial charge in [0, 0.05) is 0 Å². The van der Waals surface area contributed by atoms with Gasteiger partial charge in [-0.25, -0.2) is 4.98 Å². The fourth-order valence-corrected chi connectivity index (χ4v) is 0.761. The van der Waals surface area contributed by atoms with Crippen LogP contribution in [0.15, 0.2) is 12.1 Å². The molecule has 1 aromatic rings. The Balaban J connectivity index is 2.88. The summed E-state index contributed by atoms with van der Waals surface area (Å²) in [6.07, 6.45) is -0.0996. The second-order valence-electron chi connectivity index (χ2n) is 2.52. The molecule has 0 saturated carbocycles. The number of nitrogen functional groups attached to an aromatic ring is 1. The summed E-state index contributed by atoms with van der Waals surface area (Å²) < 4.78 is 12.6. The fourth-order valence-electron chi connectivity index (χ4n) is 0.761. The predicted octanol–water partition coefficient (Wildman–Crippen LogP) is 0.0298. The molecule has 14 heavy (non-hydrogen) atoms. The maximum Gasteiger partial charge on any atom is 0.229 e. The van der Waals surface area contributed by atoms with Crippen molar-refractivity contribution in [1.82, 2.24) is 4.98 Å². The van der Waals surface area contributed by atoms with Gasteiger partial charge in [0.25, 0.3) is 0 Å². The number of hydrogen-bond acceptors (Lipinski definition) is 3. The fraction of sp³-hybridized carbons (Fsp3) is 0.111. The first-order valence-corrected chi connectivity index (χ1v) is 3.79. The maximum absolute atomic E-state index is 12.6. The van der Waals surface area contributed by atoms with Crippen LogP contribution in [0.25, 0.3) is 0 Å². The quantitative estimate of drug-likeness (QED) is 0.487. The monoisotopic (exact) mass is 193 g/mol. The minimum absolute atomic E-state index is 0.0996. The minimum Gasteiger partial charge on any atom is -0.396 e. The standard InChI is InChI=1S/C9H8FN3O/c10-8-5-4-6(11)7(13-8)2-1-3-9(12)14/h4-5H,3,11H2,(H2,12,14). The number of anilines is 1. The van der Waals surface area contributed by atoms with Crippen molar-refractivity contribution >= 4 is 11.6 Å². The minimum atomic E-state index is -0.664. The maximum atomic E-state index is 12.6. The van der Waals surface area contributed by atoms with Crippen LogP contribution in [-0.2, 0) is 4.79 Å². The van der Waals surface area contributed by atoms with Gasteiger partial charge in [0.2, 0.25) is 11.9 Å². The molecular weight excluding hydrogens is 185 g/mol. The number of carbonyl (C=O) groups is 1. The van der Waals surface area contributed by atoms with Crippen LogP contribution < -0.4 is 11.5 Å². The van der Waals surface area contributed by atoms with E-state index in [9.17, 15) is 9.18 Å². The van der Waals surface area contributed by atoms with Crippen LogP contribution in [0.3, 0.4) is 0 Å². The molecule has 5 heteroatoms. The molecule has 0 aromatic carbocycles. The van der Waals surface area contributed by atoms with Crippen molar-refractivity contribution in [2.75, 3.05) is 5.73 Å². The molecule has 1 heterocycles. The number of rotatable bonds is 1. The molecule has 1 rings (SSSR count). The molecule has 0 radical (unpaired) electrons. The normalized spacial score (nSPS) is 8.93. The summed E-state index contributed by atoms with van der Waals surface area (Å²) in [6.45, 7) is 0. The Hall–Kier alpha value is -2.09. The first-order chi connectivity index (χ1) is 6.59. The largest absolute Gasteiger partial charge is 0.396 e. The van der Waals surface area contributed by atoms with Crippen molar-refractivity contribution in [2.45, 2.75) is 6.42 Å². The molecule has 0 aliphatic carbocycles. The van der Waals surface area contributed by atoms with Crippen molar-refractivity contribution < 1.29 is 9.18 Å². The lowest BCUT2D eigenvalue weighted by Crippen LogP contribution is -2.08.